The van der Waals surface area contributed by atoms with E-state index in [0.29, 0.717) is 42.4 Å². The van der Waals surface area contributed by atoms with Gasteiger partial charge in [0.15, 0.2) is 11.5 Å². The van der Waals surface area contributed by atoms with Gasteiger partial charge >= 0.3 is 0 Å². The number of benzene rings is 2. The number of rotatable bonds is 9. The molecule has 0 aliphatic heterocycles. The van der Waals surface area contributed by atoms with Crippen LogP contribution in [0.25, 0.3) is 0 Å². The molecule has 0 radical (unpaired) electrons. The maximum Gasteiger partial charge on any atom is 0.274 e. The number of nitrogens with zero attached hydrogens (tertiary/aromatic N) is 1. The minimum atomic E-state index is -0.464. The predicted molar refractivity (Wildman–Crippen MR) is 98.8 cm³/mol. The Kier molecular flexibility index (Phi) is 6.96. The van der Waals surface area contributed by atoms with Gasteiger partial charge in [-0.15, -0.1) is 0 Å². The van der Waals surface area contributed by atoms with Crippen molar-refractivity contribution in [3.63, 3.8) is 0 Å². The average Bonchev–Trinajstić information content (AvgIpc) is 2.61. The van der Waals surface area contributed by atoms with Crippen molar-refractivity contribution < 1.29 is 19.2 Å². The average molecular weight is 358 g/mol. The molecule has 0 spiro atoms. The van der Waals surface area contributed by atoms with Gasteiger partial charge in [-0.05, 0) is 38.5 Å². The minimum Gasteiger partial charge on any atom is -0.490 e. The number of hydrogen-bond acceptors (Lipinski definition) is 5. The summed E-state index contributed by atoms with van der Waals surface area (Å²) in [5, 5.41) is 13.6. The lowest BCUT2D eigenvalue weighted by molar-refractivity contribution is -0.385. The third kappa shape index (κ3) is 5.47. The maximum atomic E-state index is 12.0. The molecular weight excluding hydrogens is 336 g/mol. The standard InChI is InChI=1S/C19H22N2O5/c1-3-25-17-7-4-5-8-18(17)26-12-6-9-19(22)20-15-11-10-14(2)16(13-15)21(23)24/h4-5,7-8,10-11,13H,3,6,9,12H2,1-2H3,(H,20,22). The molecule has 0 saturated carbocycles. The van der Waals surface area contributed by atoms with Gasteiger partial charge in [0.2, 0.25) is 5.91 Å². The van der Waals surface area contributed by atoms with E-state index in [1.54, 1.807) is 19.1 Å². The van der Waals surface area contributed by atoms with E-state index in [9.17, 15) is 14.9 Å². The second kappa shape index (κ2) is 9.41. The molecule has 0 aliphatic carbocycles. The van der Waals surface area contributed by atoms with E-state index in [1.165, 1.54) is 6.07 Å². The van der Waals surface area contributed by atoms with Crippen molar-refractivity contribution in [3.8, 4) is 11.5 Å². The number of carbonyl (C=O) groups is 1. The van der Waals surface area contributed by atoms with E-state index in [-0.39, 0.29) is 18.0 Å². The van der Waals surface area contributed by atoms with E-state index in [1.807, 2.05) is 31.2 Å². The van der Waals surface area contributed by atoms with Gasteiger partial charge in [-0.25, -0.2) is 0 Å². The van der Waals surface area contributed by atoms with Crippen LogP contribution in [-0.4, -0.2) is 24.0 Å². The fraction of sp³-hybridized carbons (Fsp3) is 0.316. The van der Waals surface area contributed by atoms with Crippen LogP contribution in [0.2, 0.25) is 0 Å². The lowest BCUT2D eigenvalue weighted by Crippen LogP contribution is -2.13. The van der Waals surface area contributed by atoms with Crippen molar-refractivity contribution in [2.24, 2.45) is 0 Å². The first-order valence-electron chi connectivity index (χ1n) is 8.40. The van der Waals surface area contributed by atoms with E-state index in [2.05, 4.69) is 5.32 Å². The van der Waals surface area contributed by atoms with Gasteiger partial charge in [0.1, 0.15) is 0 Å². The minimum absolute atomic E-state index is 0.0151. The molecule has 0 fully saturated rings. The molecular formula is C19H22N2O5. The Bertz CT molecular complexity index is 776. The van der Waals surface area contributed by atoms with E-state index < -0.39 is 4.92 Å². The summed E-state index contributed by atoms with van der Waals surface area (Å²) in [5.74, 6) is 1.10. The highest BCUT2D eigenvalue weighted by Gasteiger charge is 2.12. The molecule has 1 N–H and O–H groups in total. The van der Waals surface area contributed by atoms with Crippen LogP contribution in [0, 0.1) is 17.0 Å². The van der Waals surface area contributed by atoms with Crippen molar-refractivity contribution >= 4 is 17.3 Å². The molecule has 0 bridgehead atoms. The lowest BCUT2D eigenvalue weighted by atomic mass is 10.2. The molecule has 0 aromatic heterocycles. The molecule has 2 aromatic rings. The number of nitro benzene ring substituents is 1. The van der Waals surface area contributed by atoms with Crippen molar-refractivity contribution in [1.82, 2.24) is 0 Å². The van der Waals surface area contributed by atoms with Crippen LogP contribution in [0.5, 0.6) is 11.5 Å². The van der Waals surface area contributed by atoms with Crippen LogP contribution in [0.15, 0.2) is 42.5 Å². The number of anilines is 1. The van der Waals surface area contributed by atoms with Crippen molar-refractivity contribution in [3.05, 3.63) is 58.1 Å². The van der Waals surface area contributed by atoms with Crippen LogP contribution in [0.3, 0.4) is 0 Å². The van der Waals surface area contributed by atoms with Gasteiger partial charge in [0.25, 0.3) is 5.69 Å². The Hall–Kier alpha value is -3.09. The summed E-state index contributed by atoms with van der Waals surface area (Å²) in [5.41, 5.74) is 0.947. The van der Waals surface area contributed by atoms with Gasteiger partial charge in [0.05, 0.1) is 18.1 Å². The van der Waals surface area contributed by atoms with Gasteiger partial charge in [0, 0.05) is 23.7 Å². The first-order chi connectivity index (χ1) is 12.5. The zero-order valence-corrected chi connectivity index (χ0v) is 14.9. The van der Waals surface area contributed by atoms with E-state index >= 15 is 0 Å². The highest BCUT2D eigenvalue weighted by molar-refractivity contribution is 5.91. The van der Waals surface area contributed by atoms with Gasteiger partial charge in [-0.1, -0.05) is 18.2 Å². The predicted octanol–water partition coefficient (Wildman–Crippen LogP) is 4.10. The highest BCUT2D eigenvalue weighted by Crippen LogP contribution is 2.26. The molecule has 7 nitrogen and oxygen atoms in total. The summed E-state index contributed by atoms with van der Waals surface area (Å²) in [7, 11) is 0. The zero-order valence-electron chi connectivity index (χ0n) is 14.9. The maximum absolute atomic E-state index is 12.0. The topological polar surface area (TPSA) is 90.7 Å². The number of nitro groups is 1. The molecule has 1 amide bonds. The van der Waals surface area contributed by atoms with Crippen LogP contribution >= 0.6 is 0 Å². The fourth-order valence-corrected chi connectivity index (χ4v) is 2.37. The highest BCUT2D eigenvalue weighted by atomic mass is 16.6. The summed E-state index contributed by atoms with van der Waals surface area (Å²) in [4.78, 5) is 22.5. The number of ether oxygens (including phenoxy) is 2. The second-order valence-electron chi connectivity index (χ2n) is 5.64. The molecule has 7 heteroatoms. The summed E-state index contributed by atoms with van der Waals surface area (Å²) in [6, 6.07) is 12.0. The zero-order chi connectivity index (χ0) is 18.9. The number of nitrogens with one attached hydrogen (secondary N) is 1. The summed E-state index contributed by atoms with van der Waals surface area (Å²) in [6.45, 7) is 4.47. The number of hydrogen-bond donors (Lipinski definition) is 1. The van der Waals surface area contributed by atoms with Crippen molar-refractivity contribution in [2.45, 2.75) is 26.7 Å². The third-order valence-electron chi connectivity index (χ3n) is 3.64. The quantitative estimate of drug-likeness (QED) is 0.414. The Labute approximate surface area is 152 Å². The second-order valence-corrected chi connectivity index (χ2v) is 5.64. The van der Waals surface area contributed by atoms with Crippen LogP contribution in [0.1, 0.15) is 25.3 Å². The molecule has 0 saturated heterocycles. The number of amides is 1. The monoisotopic (exact) mass is 358 g/mol. The Morgan fingerprint density at radius 2 is 1.85 bits per heavy atom. The molecule has 0 atom stereocenters. The fourth-order valence-electron chi connectivity index (χ4n) is 2.37. The van der Waals surface area contributed by atoms with E-state index in [4.69, 9.17) is 9.47 Å². The van der Waals surface area contributed by atoms with Gasteiger partial charge < -0.3 is 14.8 Å². The lowest BCUT2D eigenvalue weighted by Gasteiger charge is -2.11. The molecule has 0 heterocycles. The third-order valence-corrected chi connectivity index (χ3v) is 3.64. The number of carbonyl (C=O) groups excluding carboxylic acids is 1. The summed E-state index contributed by atoms with van der Waals surface area (Å²) in [6.07, 6.45) is 0.763. The van der Waals surface area contributed by atoms with Crippen molar-refractivity contribution in [1.29, 1.82) is 0 Å². The Balaban J connectivity index is 1.81. The summed E-state index contributed by atoms with van der Waals surface area (Å²) >= 11 is 0. The molecule has 0 aliphatic rings. The molecule has 138 valence electrons. The van der Waals surface area contributed by atoms with Crippen molar-refractivity contribution in [2.75, 3.05) is 18.5 Å². The van der Waals surface area contributed by atoms with Crippen LogP contribution < -0.4 is 14.8 Å². The SMILES string of the molecule is CCOc1ccccc1OCCCC(=O)Nc1ccc(C)c([N+](=O)[O-])c1. The Morgan fingerprint density at radius 3 is 2.50 bits per heavy atom. The largest absolute Gasteiger partial charge is 0.490 e. The molecule has 2 aromatic carbocycles. The molecule has 26 heavy (non-hydrogen) atoms. The molecule has 2 rings (SSSR count). The first-order valence-corrected chi connectivity index (χ1v) is 8.40. The molecule has 0 unspecified atom stereocenters. The Morgan fingerprint density at radius 1 is 1.15 bits per heavy atom. The van der Waals surface area contributed by atoms with Gasteiger partial charge in [-0.3, -0.25) is 14.9 Å². The normalized spacial score (nSPS) is 10.2. The number of aryl methyl sites for hydroxylation is 1. The smallest absolute Gasteiger partial charge is 0.274 e. The first kappa shape index (κ1) is 19.2. The van der Waals surface area contributed by atoms with Crippen LogP contribution in [0.4, 0.5) is 11.4 Å². The van der Waals surface area contributed by atoms with Gasteiger partial charge in [-0.2, -0.15) is 0 Å². The number of para-hydroxylation sites is 2. The summed E-state index contributed by atoms with van der Waals surface area (Å²) < 4.78 is 11.1. The van der Waals surface area contributed by atoms with E-state index in [0.717, 1.165) is 0 Å². The van der Waals surface area contributed by atoms with Crippen LogP contribution in [-0.2, 0) is 4.79 Å².